The predicted molar refractivity (Wildman–Crippen MR) is 68.3 cm³/mol. The summed E-state index contributed by atoms with van der Waals surface area (Å²) in [4.78, 5) is 3.97. The fourth-order valence-electron chi connectivity index (χ4n) is 1.79. The lowest BCUT2D eigenvalue weighted by molar-refractivity contribution is -0.137. The van der Waals surface area contributed by atoms with Crippen LogP contribution in [0.1, 0.15) is 22.7 Å². The molecule has 0 spiro atoms. The Balaban J connectivity index is 2.26. The van der Waals surface area contributed by atoms with Crippen LogP contribution >= 0.6 is 0 Å². The molecule has 3 nitrogen and oxygen atoms in total. The molecular formula is C14H13F3N2O. The molecule has 0 aliphatic rings. The number of nitrogens with zero attached hydrogens (tertiary/aromatic N) is 1. The lowest BCUT2D eigenvalue weighted by Gasteiger charge is -2.14. The van der Waals surface area contributed by atoms with E-state index < -0.39 is 17.8 Å². The van der Waals surface area contributed by atoms with Crippen LogP contribution in [0.5, 0.6) is 5.75 Å². The highest BCUT2D eigenvalue weighted by Crippen LogP contribution is 2.30. The summed E-state index contributed by atoms with van der Waals surface area (Å²) in [6, 6.07) is 5.92. The first-order valence-electron chi connectivity index (χ1n) is 5.83. The molecule has 20 heavy (non-hydrogen) atoms. The molecular weight excluding hydrogens is 269 g/mol. The fraction of sp³-hybridized carbons (Fsp3) is 0.214. The van der Waals surface area contributed by atoms with Crippen molar-refractivity contribution in [3.63, 3.8) is 0 Å². The Hall–Kier alpha value is -2.08. The van der Waals surface area contributed by atoms with E-state index in [1.54, 1.807) is 12.3 Å². The number of methoxy groups -OCH3 is 1. The number of hydrogen-bond acceptors (Lipinski definition) is 3. The third-order valence-corrected chi connectivity index (χ3v) is 2.93. The van der Waals surface area contributed by atoms with Crippen molar-refractivity contribution in [2.45, 2.75) is 12.2 Å². The van der Waals surface area contributed by atoms with Crippen molar-refractivity contribution in [3.8, 4) is 5.75 Å². The molecule has 0 saturated heterocycles. The van der Waals surface area contributed by atoms with E-state index in [1.807, 2.05) is 0 Å². The maximum Gasteiger partial charge on any atom is 0.416 e. The number of benzene rings is 1. The number of nitrogens with two attached hydrogens (primary N) is 1. The lowest BCUT2D eigenvalue weighted by atomic mass is 10.00. The first-order chi connectivity index (χ1) is 9.41. The van der Waals surface area contributed by atoms with Gasteiger partial charge in [-0.2, -0.15) is 13.2 Å². The van der Waals surface area contributed by atoms with Gasteiger partial charge in [0.05, 0.1) is 24.9 Å². The second-order valence-electron chi connectivity index (χ2n) is 4.26. The number of halogens is 3. The van der Waals surface area contributed by atoms with E-state index in [9.17, 15) is 13.2 Å². The Labute approximate surface area is 114 Å². The van der Waals surface area contributed by atoms with Gasteiger partial charge in [0.1, 0.15) is 5.75 Å². The van der Waals surface area contributed by atoms with Crippen molar-refractivity contribution in [1.82, 2.24) is 4.98 Å². The van der Waals surface area contributed by atoms with Gasteiger partial charge in [-0.25, -0.2) is 0 Å². The molecule has 1 aromatic carbocycles. The summed E-state index contributed by atoms with van der Waals surface area (Å²) in [6.45, 7) is 0. The minimum absolute atomic E-state index is 0.546. The van der Waals surface area contributed by atoms with Gasteiger partial charge in [-0.3, -0.25) is 4.98 Å². The summed E-state index contributed by atoms with van der Waals surface area (Å²) in [7, 11) is 1.50. The lowest BCUT2D eigenvalue weighted by Crippen LogP contribution is -2.13. The summed E-state index contributed by atoms with van der Waals surface area (Å²) in [6.07, 6.45) is -1.26. The van der Waals surface area contributed by atoms with Crippen molar-refractivity contribution < 1.29 is 17.9 Å². The number of ether oxygens (including phenoxy) is 1. The van der Waals surface area contributed by atoms with Crippen LogP contribution in [0.25, 0.3) is 0 Å². The highest BCUT2D eigenvalue weighted by Gasteiger charge is 2.30. The van der Waals surface area contributed by atoms with Crippen LogP contribution in [0.15, 0.2) is 42.7 Å². The van der Waals surface area contributed by atoms with E-state index in [0.717, 1.165) is 12.1 Å². The van der Waals surface area contributed by atoms with Crippen LogP contribution < -0.4 is 10.5 Å². The second-order valence-corrected chi connectivity index (χ2v) is 4.26. The van der Waals surface area contributed by atoms with Crippen molar-refractivity contribution in [2.24, 2.45) is 5.73 Å². The van der Waals surface area contributed by atoms with Crippen molar-refractivity contribution >= 4 is 0 Å². The molecule has 0 aliphatic heterocycles. The monoisotopic (exact) mass is 282 g/mol. The van der Waals surface area contributed by atoms with Gasteiger partial charge in [-0.15, -0.1) is 0 Å². The van der Waals surface area contributed by atoms with Gasteiger partial charge < -0.3 is 10.5 Å². The molecule has 0 amide bonds. The molecule has 106 valence electrons. The average Bonchev–Trinajstić information content (AvgIpc) is 2.46. The molecule has 1 unspecified atom stereocenters. The average molecular weight is 282 g/mol. The van der Waals surface area contributed by atoms with E-state index in [2.05, 4.69) is 4.98 Å². The highest BCUT2D eigenvalue weighted by atomic mass is 19.4. The van der Waals surface area contributed by atoms with E-state index in [0.29, 0.717) is 16.9 Å². The summed E-state index contributed by atoms with van der Waals surface area (Å²) >= 11 is 0. The maximum absolute atomic E-state index is 12.5. The third-order valence-electron chi connectivity index (χ3n) is 2.93. The molecule has 2 rings (SSSR count). The molecule has 1 atom stereocenters. The third kappa shape index (κ3) is 3.08. The molecule has 0 aliphatic carbocycles. The zero-order valence-electron chi connectivity index (χ0n) is 10.7. The fourth-order valence-corrected chi connectivity index (χ4v) is 1.79. The summed E-state index contributed by atoms with van der Waals surface area (Å²) < 4.78 is 42.5. The van der Waals surface area contributed by atoms with Gasteiger partial charge in [-0.05, 0) is 29.3 Å². The highest BCUT2D eigenvalue weighted by molar-refractivity contribution is 5.35. The molecule has 1 aromatic heterocycles. The summed E-state index contributed by atoms with van der Waals surface area (Å²) in [5.74, 6) is 0.546. The topological polar surface area (TPSA) is 48.1 Å². The number of rotatable bonds is 3. The van der Waals surface area contributed by atoms with Gasteiger partial charge >= 0.3 is 6.18 Å². The Morgan fingerprint density at radius 2 is 1.75 bits per heavy atom. The molecule has 0 radical (unpaired) electrons. The van der Waals surface area contributed by atoms with Crippen LogP contribution in [-0.4, -0.2) is 12.1 Å². The molecule has 2 aromatic rings. The Morgan fingerprint density at radius 3 is 2.30 bits per heavy atom. The first kappa shape index (κ1) is 14.3. The zero-order valence-corrected chi connectivity index (χ0v) is 10.7. The Morgan fingerprint density at radius 1 is 1.10 bits per heavy atom. The van der Waals surface area contributed by atoms with Crippen LogP contribution in [0.3, 0.4) is 0 Å². The molecule has 1 heterocycles. The van der Waals surface area contributed by atoms with Gasteiger partial charge in [0, 0.05) is 6.20 Å². The normalized spacial score (nSPS) is 13.1. The Bertz CT molecular complexity index is 582. The van der Waals surface area contributed by atoms with Crippen LogP contribution in [0.4, 0.5) is 13.2 Å². The minimum Gasteiger partial charge on any atom is -0.495 e. The minimum atomic E-state index is -4.35. The molecule has 0 fully saturated rings. The largest absolute Gasteiger partial charge is 0.495 e. The maximum atomic E-state index is 12.5. The number of hydrogen-bond donors (Lipinski definition) is 1. The van der Waals surface area contributed by atoms with Crippen molar-refractivity contribution in [2.75, 3.05) is 7.11 Å². The zero-order chi connectivity index (χ0) is 14.8. The number of alkyl halides is 3. The number of aromatic nitrogens is 1. The molecule has 2 N–H and O–H groups in total. The molecule has 0 bridgehead atoms. The van der Waals surface area contributed by atoms with Gasteiger partial charge in [0.15, 0.2) is 0 Å². The molecule has 0 saturated carbocycles. The van der Waals surface area contributed by atoms with E-state index in [1.165, 1.54) is 25.4 Å². The Kier molecular flexibility index (Phi) is 3.94. The van der Waals surface area contributed by atoms with Gasteiger partial charge in [0.2, 0.25) is 0 Å². The van der Waals surface area contributed by atoms with E-state index >= 15 is 0 Å². The first-order valence-corrected chi connectivity index (χ1v) is 5.83. The van der Waals surface area contributed by atoms with Crippen LogP contribution in [0.2, 0.25) is 0 Å². The summed E-state index contributed by atoms with van der Waals surface area (Å²) in [5, 5.41) is 0. The quantitative estimate of drug-likeness (QED) is 0.940. The van der Waals surface area contributed by atoms with Crippen molar-refractivity contribution in [1.29, 1.82) is 0 Å². The summed E-state index contributed by atoms with van der Waals surface area (Å²) in [5.41, 5.74) is 6.57. The smallest absolute Gasteiger partial charge is 0.416 e. The van der Waals surface area contributed by atoms with Crippen LogP contribution in [0, 0.1) is 0 Å². The van der Waals surface area contributed by atoms with E-state index in [4.69, 9.17) is 10.5 Å². The number of pyridine rings is 1. The standard InChI is InChI=1S/C14H13F3N2O/c1-20-12-6-10(7-19-8-12)13(18)9-2-4-11(5-3-9)14(15,16)17/h2-8,13H,18H2,1H3. The SMILES string of the molecule is COc1cncc(C(N)c2ccc(C(F)(F)F)cc2)c1. The predicted octanol–water partition coefficient (Wildman–Crippen LogP) is 3.16. The van der Waals surface area contributed by atoms with Gasteiger partial charge in [-0.1, -0.05) is 12.1 Å². The van der Waals surface area contributed by atoms with Crippen molar-refractivity contribution in [3.05, 3.63) is 59.4 Å². The second kappa shape index (κ2) is 5.50. The van der Waals surface area contributed by atoms with Gasteiger partial charge in [0.25, 0.3) is 0 Å². The van der Waals surface area contributed by atoms with E-state index in [-0.39, 0.29) is 0 Å². The molecule has 6 heteroatoms. The van der Waals surface area contributed by atoms with Crippen LogP contribution in [-0.2, 0) is 6.18 Å².